The summed E-state index contributed by atoms with van der Waals surface area (Å²) in [6.07, 6.45) is 7.15. The lowest BCUT2D eigenvalue weighted by Crippen LogP contribution is -2.17. The molecule has 6 heteroatoms. The van der Waals surface area contributed by atoms with Gasteiger partial charge in [-0.15, -0.1) is 12.4 Å². The van der Waals surface area contributed by atoms with Crippen molar-refractivity contribution in [2.75, 3.05) is 0 Å². The zero-order valence-electron chi connectivity index (χ0n) is 10.6. The van der Waals surface area contributed by atoms with Crippen LogP contribution in [0.25, 0.3) is 11.2 Å². The molecule has 5 nitrogen and oxygen atoms in total. The van der Waals surface area contributed by atoms with Crippen LogP contribution in [0.3, 0.4) is 0 Å². The fraction of sp³-hybridized carbons (Fsp3) is 0.143. The van der Waals surface area contributed by atoms with Crippen LogP contribution < -0.4 is 0 Å². The summed E-state index contributed by atoms with van der Waals surface area (Å²) in [5.74, 6) is -1.19. The maximum Gasteiger partial charge on any atom is 0.267 e. The van der Waals surface area contributed by atoms with Gasteiger partial charge in [-0.1, -0.05) is 0 Å². The van der Waals surface area contributed by atoms with Crippen molar-refractivity contribution in [2.24, 2.45) is 10.9 Å². The van der Waals surface area contributed by atoms with E-state index in [0.29, 0.717) is 5.71 Å². The van der Waals surface area contributed by atoms with Crippen LogP contribution in [0.15, 0.2) is 41.8 Å². The molecule has 0 aromatic carbocycles. The lowest BCUT2D eigenvalue weighted by molar-refractivity contribution is -0.118. The number of carbonyl (C=O) groups is 1. The topological polar surface area (TPSA) is 70.5 Å². The van der Waals surface area contributed by atoms with Gasteiger partial charge in [-0.2, -0.15) is 5.26 Å². The molecule has 0 bridgehead atoms. The number of amides is 1. The number of nitriles is 1. The smallest absolute Gasteiger partial charge is 0.267 e. The van der Waals surface area contributed by atoms with Gasteiger partial charge in [0.15, 0.2) is 0 Å². The Morgan fingerprint density at radius 1 is 1.40 bits per heavy atom. The van der Waals surface area contributed by atoms with Crippen molar-refractivity contribution in [2.45, 2.75) is 6.92 Å². The molecule has 1 atom stereocenters. The summed E-state index contributed by atoms with van der Waals surface area (Å²) in [4.78, 5) is 19.6. The lowest BCUT2D eigenvalue weighted by Gasteiger charge is -2.14. The fourth-order valence-corrected chi connectivity index (χ4v) is 2.13. The molecule has 0 radical (unpaired) electrons. The molecular weight excluding hydrogens is 276 g/mol. The first-order chi connectivity index (χ1) is 9.19. The summed E-state index contributed by atoms with van der Waals surface area (Å²) in [6, 6.07) is 5.76. The molecule has 1 aliphatic rings. The summed E-state index contributed by atoms with van der Waals surface area (Å²) in [6.45, 7) is 1.77. The van der Waals surface area contributed by atoms with E-state index < -0.39 is 11.8 Å². The summed E-state index contributed by atoms with van der Waals surface area (Å²) in [5.41, 5.74) is 3.22. The van der Waals surface area contributed by atoms with E-state index in [1.165, 1.54) is 0 Å². The minimum absolute atomic E-state index is 0. The van der Waals surface area contributed by atoms with E-state index >= 15 is 0 Å². The first-order valence-corrected chi connectivity index (χ1v) is 5.83. The number of fused-ring (bicyclic) bond motifs is 1. The van der Waals surface area contributed by atoms with Gasteiger partial charge in [-0.05, 0) is 25.1 Å². The molecule has 1 aliphatic heterocycles. The van der Waals surface area contributed by atoms with Crippen molar-refractivity contribution in [3.8, 4) is 6.07 Å². The zero-order valence-corrected chi connectivity index (χ0v) is 11.5. The molecule has 3 rings (SSSR count). The van der Waals surface area contributed by atoms with Gasteiger partial charge in [0, 0.05) is 35.4 Å². The molecule has 2 aromatic rings. The molecule has 1 amide bonds. The number of imidazole rings is 1. The fourth-order valence-electron chi connectivity index (χ4n) is 2.13. The third-order valence-electron chi connectivity index (χ3n) is 3.11. The highest BCUT2D eigenvalue weighted by Gasteiger charge is 2.22. The Morgan fingerprint density at radius 3 is 2.95 bits per heavy atom. The van der Waals surface area contributed by atoms with Crippen LogP contribution in [0.5, 0.6) is 0 Å². The minimum Gasteiger partial charge on any atom is -0.306 e. The third-order valence-corrected chi connectivity index (χ3v) is 3.11. The van der Waals surface area contributed by atoms with E-state index in [2.05, 4.69) is 9.98 Å². The van der Waals surface area contributed by atoms with Gasteiger partial charge in [-0.25, -0.2) is 9.98 Å². The van der Waals surface area contributed by atoms with E-state index in [4.69, 9.17) is 5.26 Å². The van der Waals surface area contributed by atoms with Crippen LogP contribution in [0.4, 0.5) is 0 Å². The first kappa shape index (κ1) is 14.0. The summed E-state index contributed by atoms with van der Waals surface area (Å²) in [7, 11) is 0. The van der Waals surface area contributed by atoms with Crippen molar-refractivity contribution in [3.05, 3.63) is 42.4 Å². The minimum atomic E-state index is -0.794. The van der Waals surface area contributed by atoms with Gasteiger partial charge >= 0.3 is 0 Å². The highest BCUT2D eigenvalue weighted by molar-refractivity contribution is 6.27. The Morgan fingerprint density at radius 2 is 2.20 bits per heavy atom. The largest absolute Gasteiger partial charge is 0.306 e. The maximum absolute atomic E-state index is 11.5. The van der Waals surface area contributed by atoms with Crippen LogP contribution in [-0.4, -0.2) is 21.0 Å². The highest BCUT2D eigenvalue weighted by Crippen LogP contribution is 2.23. The Labute approximate surface area is 121 Å². The number of aliphatic imine (C=N–C) groups is 1. The maximum atomic E-state index is 11.5. The van der Waals surface area contributed by atoms with Crippen LogP contribution in [0, 0.1) is 17.2 Å². The normalized spacial score (nSPS) is 18.0. The van der Waals surface area contributed by atoms with E-state index in [-0.39, 0.29) is 12.4 Å². The molecule has 0 N–H and O–H groups in total. The van der Waals surface area contributed by atoms with E-state index in [9.17, 15) is 4.79 Å². The number of allylic oxidation sites excluding steroid dienone is 1. The molecule has 0 fully saturated rings. The van der Waals surface area contributed by atoms with Crippen molar-refractivity contribution < 1.29 is 4.79 Å². The molecule has 2 aromatic heterocycles. The Hall–Kier alpha value is -2.45. The van der Waals surface area contributed by atoms with E-state index in [1.807, 2.05) is 35.0 Å². The molecular formula is C14H11ClN4O. The predicted molar refractivity (Wildman–Crippen MR) is 77.6 cm³/mol. The molecule has 100 valence electrons. The Balaban J connectivity index is 0.00000147. The molecule has 1 unspecified atom stereocenters. The number of hydrogen-bond acceptors (Lipinski definition) is 3. The van der Waals surface area contributed by atoms with Gasteiger partial charge in [-0.3, -0.25) is 4.79 Å². The standard InChI is InChI=1S/C14H10N4O.ClH/c1-9-12(6-11(7-15)14(19)17-9)10-2-3-13-16-4-5-18(13)8-10;/h2-6,8,11H,1H3;1H. The SMILES string of the molecule is CC1=NC(=O)C(C#N)C=C1c1ccc2nccn2c1.Cl. The molecule has 0 saturated heterocycles. The number of nitrogens with zero attached hydrogens (tertiary/aromatic N) is 4. The van der Waals surface area contributed by atoms with Crippen molar-refractivity contribution in [1.29, 1.82) is 5.26 Å². The first-order valence-electron chi connectivity index (χ1n) is 5.83. The van der Waals surface area contributed by atoms with Gasteiger partial charge in [0.05, 0.1) is 6.07 Å². The molecule has 0 saturated carbocycles. The highest BCUT2D eigenvalue weighted by atomic mass is 35.5. The van der Waals surface area contributed by atoms with Crippen LogP contribution >= 0.6 is 12.4 Å². The quantitative estimate of drug-likeness (QED) is 0.807. The van der Waals surface area contributed by atoms with E-state index in [0.717, 1.165) is 16.8 Å². The molecule has 0 spiro atoms. The van der Waals surface area contributed by atoms with Crippen LogP contribution in [0.2, 0.25) is 0 Å². The number of aromatic nitrogens is 2. The summed E-state index contributed by atoms with van der Waals surface area (Å²) >= 11 is 0. The number of hydrogen-bond donors (Lipinski definition) is 0. The molecule has 3 heterocycles. The number of carbonyl (C=O) groups excluding carboxylic acids is 1. The second-order valence-corrected chi connectivity index (χ2v) is 4.33. The number of pyridine rings is 1. The lowest BCUT2D eigenvalue weighted by atomic mass is 9.95. The van der Waals surface area contributed by atoms with Crippen molar-refractivity contribution in [1.82, 2.24) is 9.38 Å². The second kappa shape index (κ2) is 5.27. The summed E-state index contributed by atoms with van der Waals surface area (Å²) in [5, 5.41) is 8.95. The Bertz CT molecular complexity index is 782. The molecule has 0 aliphatic carbocycles. The Kier molecular flexibility index (Phi) is 3.68. The number of halogens is 1. The monoisotopic (exact) mass is 286 g/mol. The van der Waals surface area contributed by atoms with Crippen molar-refractivity contribution >= 4 is 35.2 Å². The molecule has 20 heavy (non-hydrogen) atoms. The number of dihydropyridines is 1. The summed E-state index contributed by atoms with van der Waals surface area (Å²) < 4.78 is 1.89. The average molecular weight is 287 g/mol. The predicted octanol–water partition coefficient (Wildman–Crippen LogP) is 2.28. The van der Waals surface area contributed by atoms with Gasteiger partial charge in [0.2, 0.25) is 0 Å². The number of rotatable bonds is 1. The van der Waals surface area contributed by atoms with Gasteiger partial charge in [0.25, 0.3) is 5.91 Å². The zero-order chi connectivity index (χ0) is 13.4. The van der Waals surface area contributed by atoms with Gasteiger partial charge < -0.3 is 4.40 Å². The van der Waals surface area contributed by atoms with Gasteiger partial charge in [0.1, 0.15) is 11.6 Å². The van der Waals surface area contributed by atoms with Crippen LogP contribution in [-0.2, 0) is 4.79 Å². The second-order valence-electron chi connectivity index (χ2n) is 4.33. The average Bonchev–Trinajstić information content (AvgIpc) is 2.86. The van der Waals surface area contributed by atoms with Crippen molar-refractivity contribution in [3.63, 3.8) is 0 Å². The van der Waals surface area contributed by atoms with Crippen LogP contribution in [0.1, 0.15) is 12.5 Å². The third kappa shape index (κ3) is 2.22. The van der Waals surface area contributed by atoms with E-state index in [1.54, 1.807) is 19.2 Å².